The summed E-state index contributed by atoms with van der Waals surface area (Å²) in [5.74, 6) is 0.943. The first-order valence-corrected chi connectivity index (χ1v) is 7.01. The zero-order chi connectivity index (χ0) is 14.5. The Labute approximate surface area is 120 Å². The first kappa shape index (κ1) is 14.9. The van der Waals surface area contributed by atoms with Gasteiger partial charge in [0.2, 0.25) is 5.88 Å². The fourth-order valence-corrected chi connectivity index (χ4v) is 2.25. The van der Waals surface area contributed by atoms with E-state index in [1.807, 2.05) is 6.07 Å². The molecule has 0 radical (unpaired) electrons. The van der Waals surface area contributed by atoms with E-state index >= 15 is 0 Å². The van der Waals surface area contributed by atoms with E-state index in [4.69, 9.17) is 9.47 Å². The number of ether oxygens (including phenoxy) is 2. The molecule has 1 fully saturated rings. The number of morpholine rings is 1. The summed E-state index contributed by atoms with van der Waals surface area (Å²) in [6.45, 7) is 12.7. The molecule has 1 aliphatic heterocycles. The van der Waals surface area contributed by atoms with Gasteiger partial charge < -0.3 is 9.47 Å². The molecule has 1 aromatic rings. The van der Waals surface area contributed by atoms with Crippen molar-refractivity contribution in [1.82, 2.24) is 15.1 Å². The first-order chi connectivity index (χ1) is 9.61. The third-order valence-electron chi connectivity index (χ3n) is 3.48. The highest BCUT2D eigenvalue weighted by molar-refractivity contribution is 5.62. The van der Waals surface area contributed by atoms with Crippen LogP contribution in [-0.4, -0.2) is 55.1 Å². The molecule has 0 N–H and O–H groups in total. The Kier molecular flexibility index (Phi) is 5.09. The van der Waals surface area contributed by atoms with Gasteiger partial charge in [0.05, 0.1) is 26.0 Å². The van der Waals surface area contributed by atoms with Crippen LogP contribution in [0.15, 0.2) is 12.6 Å². The Balaban J connectivity index is 2.11. The normalized spacial score (nSPS) is 16.4. The maximum atomic E-state index is 5.35. The Morgan fingerprint density at radius 2 is 2.10 bits per heavy atom. The van der Waals surface area contributed by atoms with Crippen molar-refractivity contribution in [1.29, 1.82) is 0 Å². The maximum Gasteiger partial charge on any atom is 0.236 e. The van der Waals surface area contributed by atoms with Crippen molar-refractivity contribution in [2.45, 2.75) is 19.8 Å². The van der Waals surface area contributed by atoms with Crippen LogP contribution in [0.3, 0.4) is 0 Å². The maximum absolute atomic E-state index is 5.35. The average Bonchev–Trinajstić information content (AvgIpc) is 2.47. The zero-order valence-electron chi connectivity index (χ0n) is 12.6. The molecule has 20 heavy (non-hydrogen) atoms. The predicted octanol–water partition coefficient (Wildman–Crippen LogP) is 1.95. The van der Waals surface area contributed by atoms with Gasteiger partial charge in [-0.05, 0) is 17.6 Å². The Morgan fingerprint density at radius 3 is 2.70 bits per heavy atom. The molecule has 0 aromatic carbocycles. The summed E-state index contributed by atoms with van der Waals surface area (Å²) < 4.78 is 10.6. The van der Waals surface area contributed by atoms with Crippen LogP contribution in [-0.2, 0) is 4.74 Å². The molecule has 0 saturated carbocycles. The summed E-state index contributed by atoms with van der Waals surface area (Å²) >= 11 is 0. The SMILES string of the molecule is C=C(CN1CCOCC1)c1cc(C(C)C)c(OC)nn1. The lowest BCUT2D eigenvalue weighted by molar-refractivity contribution is 0.0444. The van der Waals surface area contributed by atoms with Crippen LogP contribution < -0.4 is 4.74 Å². The van der Waals surface area contributed by atoms with Gasteiger partial charge in [-0.1, -0.05) is 20.4 Å². The van der Waals surface area contributed by atoms with Crippen LogP contribution in [0.5, 0.6) is 5.88 Å². The highest BCUT2D eigenvalue weighted by atomic mass is 16.5. The molecule has 0 aliphatic carbocycles. The molecule has 0 unspecified atom stereocenters. The van der Waals surface area contributed by atoms with Gasteiger partial charge in [-0.3, -0.25) is 4.90 Å². The fraction of sp³-hybridized carbons (Fsp3) is 0.600. The molecular formula is C15H23N3O2. The van der Waals surface area contributed by atoms with Gasteiger partial charge >= 0.3 is 0 Å². The van der Waals surface area contributed by atoms with Crippen LogP contribution in [0.2, 0.25) is 0 Å². The highest BCUT2D eigenvalue weighted by Gasteiger charge is 2.16. The van der Waals surface area contributed by atoms with Gasteiger partial charge in [0, 0.05) is 25.2 Å². The van der Waals surface area contributed by atoms with Crippen molar-refractivity contribution in [2.75, 3.05) is 40.0 Å². The Morgan fingerprint density at radius 1 is 1.40 bits per heavy atom. The Hall–Kier alpha value is -1.46. The number of hydrogen-bond donors (Lipinski definition) is 0. The second-order valence-corrected chi connectivity index (χ2v) is 5.34. The largest absolute Gasteiger partial charge is 0.480 e. The lowest BCUT2D eigenvalue weighted by Crippen LogP contribution is -2.37. The molecule has 2 heterocycles. The van der Waals surface area contributed by atoms with Gasteiger partial charge in [-0.2, -0.15) is 0 Å². The number of rotatable bonds is 5. The van der Waals surface area contributed by atoms with E-state index in [-0.39, 0.29) is 0 Å². The summed E-state index contributed by atoms with van der Waals surface area (Å²) in [6.07, 6.45) is 0. The number of nitrogens with zero attached hydrogens (tertiary/aromatic N) is 3. The molecule has 5 nitrogen and oxygen atoms in total. The summed E-state index contributed by atoms with van der Waals surface area (Å²) in [7, 11) is 1.62. The lowest BCUT2D eigenvalue weighted by atomic mass is 10.0. The molecule has 5 heteroatoms. The van der Waals surface area contributed by atoms with Crippen LogP contribution in [0.25, 0.3) is 5.57 Å². The minimum absolute atomic E-state index is 0.343. The van der Waals surface area contributed by atoms with Crippen LogP contribution >= 0.6 is 0 Å². The van der Waals surface area contributed by atoms with Crippen LogP contribution in [0.4, 0.5) is 0 Å². The number of hydrogen-bond acceptors (Lipinski definition) is 5. The number of aromatic nitrogens is 2. The van der Waals surface area contributed by atoms with Gasteiger partial charge in [-0.25, -0.2) is 0 Å². The molecule has 1 aliphatic rings. The van der Waals surface area contributed by atoms with Gasteiger partial charge in [0.15, 0.2) is 0 Å². The first-order valence-electron chi connectivity index (χ1n) is 7.01. The molecule has 1 aromatic heterocycles. The summed E-state index contributed by atoms with van der Waals surface area (Å²) in [5, 5.41) is 8.38. The van der Waals surface area contributed by atoms with Gasteiger partial charge in [-0.15, -0.1) is 10.2 Å². The quantitative estimate of drug-likeness (QED) is 0.823. The molecule has 0 bridgehead atoms. The minimum Gasteiger partial charge on any atom is -0.480 e. The molecule has 1 saturated heterocycles. The summed E-state index contributed by atoms with van der Waals surface area (Å²) in [4.78, 5) is 2.33. The van der Waals surface area contributed by atoms with Crippen molar-refractivity contribution < 1.29 is 9.47 Å². The van der Waals surface area contributed by atoms with E-state index in [0.717, 1.165) is 49.7 Å². The fourth-order valence-electron chi connectivity index (χ4n) is 2.25. The second kappa shape index (κ2) is 6.81. The van der Waals surface area contributed by atoms with E-state index in [2.05, 4.69) is 35.5 Å². The van der Waals surface area contributed by atoms with Crippen molar-refractivity contribution in [3.63, 3.8) is 0 Å². The van der Waals surface area contributed by atoms with E-state index in [0.29, 0.717) is 11.8 Å². The van der Waals surface area contributed by atoms with Gasteiger partial charge in [0.1, 0.15) is 0 Å². The van der Waals surface area contributed by atoms with Crippen molar-refractivity contribution in [2.24, 2.45) is 0 Å². The van der Waals surface area contributed by atoms with E-state index < -0.39 is 0 Å². The standard InChI is InChI=1S/C15H23N3O2/c1-11(2)13-9-14(16-17-15(13)19-4)12(3)10-18-5-7-20-8-6-18/h9,11H,3,5-8,10H2,1-2,4H3. The summed E-state index contributed by atoms with van der Waals surface area (Å²) in [6, 6.07) is 2.04. The zero-order valence-corrected chi connectivity index (χ0v) is 12.6. The molecule has 110 valence electrons. The lowest BCUT2D eigenvalue weighted by Gasteiger charge is -2.27. The smallest absolute Gasteiger partial charge is 0.236 e. The Bertz CT molecular complexity index is 468. The van der Waals surface area contributed by atoms with Crippen LogP contribution in [0.1, 0.15) is 31.0 Å². The minimum atomic E-state index is 0.343. The topological polar surface area (TPSA) is 47.5 Å². The second-order valence-electron chi connectivity index (χ2n) is 5.34. The van der Waals surface area contributed by atoms with E-state index in [1.54, 1.807) is 7.11 Å². The summed E-state index contributed by atoms with van der Waals surface area (Å²) in [5.41, 5.74) is 2.91. The predicted molar refractivity (Wildman–Crippen MR) is 79.0 cm³/mol. The van der Waals surface area contributed by atoms with Crippen molar-refractivity contribution >= 4 is 5.57 Å². The van der Waals surface area contributed by atoms with Crippen molar-refractivity contribution in [3.8, 4) is 5.88 Å². The molecule has 2 rings (SSSR count). The van der Waals surface area contributed by atoms with Crippen LogP contribution in [0, 0.1) is 0 Å². The number of methoxy groups -OCH3 is 1. The monoisotopic (exact) mass is 277 g/mol. The molecular weight excluding hydrogens is 254 g/mol. The average molecular weight is 277 g/mol. The molecule has 0 spiro atoms. The van der Waals surface area contributed by atoms with Crippen molar-refractivity contribution in [3.05, 3.63) is 23.9 Å². The van der Waals surface area contributed by atoms with E-state index in [1.165, 1.54) is 0 Å². The molecule has 0 amide bonds. The van der Waals surface area contributed by atoms with E-state index in [9.17, 15) is 0 Å². The highest BCUT2D eigenvalue weighted by Crippen LogP contribution is 2.25. The third kappa shape index (κ3) is 3.55. The van der Waals surface area contributed by atoms with Gasteiger partial charge in [0.25, 0.3) is 0 Å². The molecule has 0 atom stereocenters. The third-order valence-corrected chi connectivity index (χ3v) is 3.48.